The molecule has 1 saturated heterocycles. The molecule has 3 aromatic rings. The monoisotopic (exact) mass is 429 g/mol. The van der Waals surface area contributed by atoms with Crippen LogP contribution in [0.3, 0.4) is 0 Å². The minimum absolute atomic E-state index is 0.0742. The molecule has 164 valence electrons. The average molecular weight is 430 g/mol. The largest absolute Gasteiger partial charge is 0.326 e. The van der Waals surface area contributed by atoms with Crippen LogP contribution in [0.25, 0.3) is 17.0 Å². The van der Waals surface area contributed by atoms with E-state index in [1.807, 2.05) is 43.3 Å². The lowest BCUT2D eigenvalue weighted by atomic mass is 10.1. The Morgan fingerprint density at radius 1 is 0.969 bits per heavy atom. The molecule has 0 spiro atoms. The summed E-state index contributed by atoms with van der Waals surface area (Å²) in [6.45, 7) is 11.2. The molecular formula is C26H31N5O+2. The molecule has 2 N–H and O–H groups in total. The van der Waals surface area contributed by atoms with Crippen molar-refractivity contribution in [1.82, 2.24) is 4.57 Å². The number of aromatic nitrogens is 1. The van der Waals surface area contributed by atoms with Gasteiger partial charge in [0.05, 0.1) is 29.0 Å². The number of hydrogen-bond donors (Lipinski definition) is 2. The van der Waals surface area contributed by atoms with Crippen LogP contribution in [0.2, 0.25) is 0 Å². The Kier molecular flexibility index (Phi) is 5.64. The van der Waals surface area contributed by atoms with Gasteiger partial charge in [0, 0.05) is 17.1 Å². The smallest absolute Gasteiger partial charge is 0.280 e. The first-order valence-electron chi connectivity index (χ1n) is 11.6. The first-order chi connectivity index (χ1) is 15.6. The van der Waals surface area contributed by atoms with E-state index >= 15 is 0 Å². The van der Waals surface area contributed by atoms with Crippen LogP contribution in [0.15, 0.2) is 71.5 Å². The predicted octanol–water partition coefficient (Wildman–Crippen LogP) is 1.21. The highest BCUT2D eigenvalue weighted by atomic mass is 16.2. The fraction of sp³-hybridized carbons (Fsp3) is 0.308. The number of benzene rings is 2. The quantitative estimate of drug-likeness (QED) is 0.589. The first kappa shape index (κ1) is 20.7. The number of fused-ring (bicyclic) bond motifs is 1. The maximum atomic E-state index is 13.2. The molecule has 0 bridgehead atoms. The van der Waals surface area contributed by atoms with Gasteiger partial charge in [0.15, 0.2) is 6.67 Å². The van der Waals surface area contributed by atoms with Crippen molar-refractivity contribution in [2.45, 2.75) is 20.5 Å². The van der Waals surface area contributed by atoms with Gasteiger partial charge in [0.2, 0.25) is 0 Å². The van der Waals surface area contributed by atoms with E-state index in [1.54, 1.807) is 9.80 Å². The summed E-state index contributed by atoms with van der Waals surface area (Å²) in [6.07, 6.45) is 4.22. The summed E-state index contributed by atoms with van der Waals surface area (Å²) in [5.41, 5.74) is 4.49. The van der Waals surface area contributed by atoms with Crippen molar-refractivity contribution in [2.24, 2.45) is 5.10 Å². The second kappa shape index (κ2) is 8.73. The number of nitrogens with zero attached hydrogens (tertiary/aromatic N) is 3. The van der Waals surface area contributed by atoms with Crippen molar-refractivity contribution in [3.63, 3.8) is 0 Å². The van der Waals surface area contributed by atoms with E-state index in [0.717, 1.165) is 23.6 Å². The van der Waals surface area contributed by atoms with Crippen LogP contribution < -0.4 is 14.8 Å². The molecule has 0 aliphatic carbocycles. The number of piperazine rings is 1. The number of carbonyl (C=O) groups is 1. The van der Waals surface area contributed by atoms with Crippen LogP contribution in [-0.4, -0.2) is 48.9 Å². The highest BCUT2D eigenvalue weighted by Gasteiger charge is 2.29. The highest BCUT2D eigenvalue weighted by molar-refractivity contribution is 6.32. The molecule has 1 aromatic heterocycles. The van der Waals surface area contributed by atoms with Crippen molar-refractivity contribution in [3.8, 4) is 0 Å². The fourth-order valence-electron chi connectivity index (χ4n) is 4.81. The molecule has 2 aliphatic rings. The number of rotatable bonds is 5. The third-order valence-corrected chi connectivity index (χ3v) is 6.74. The van der Waals surface area contributed by atoms with Gasteiger partial charge in [-0.05, 0) is 38.1 Å². The van der Waals surface area contributed by atoms with E-state index in [1.165, 1.54) is 48.6 Å². The van der Waals surface area contributed by atoms with Gasteiger partial charge < -0.3 is 9.80 Å². The van der Waals surface area contributed by atoms with E-state index in [9.17, 15) is 4.79 Å². The van der Waals surface area contributed by atoms with Crippen molar-refractivity contribution >= 4 is 34.3 Å². The SMILES string of the molecule is CC[NH+]1CC[NH+](Cn2cc(/C=C3/C(=O)N(c4ccccc4)N=C3C)c3ccccc32)CC1. The van der Waals surface area contributed by atoms with Gasteiger partial charge in [-0.1, -0.05) is 36.4 Å². The Hall–Kier alpha value is -3.22. The summed E-state index contributed by atoms with van der Waals surface area (Å²) < 4.78 is 2.36. The number of hydrogen-bond acceptors (Lipinski definition) is 2. The summed E-state index contributed by atoms with van der Waals surface area (Å²) in [7, 11) is 0. The number of anilines is 1. The van der Waals surface area contributed by atoms with Crippen molar-refractivity contribution in [3.05, 3.63) is 71.9 Å². The van der Waals surface area contributed by atoms with Gasteiger partial charge in [-0.3, -0.25) is 9.36 Å². The normalized spacial score (nSPS) is 22.7. The van der Waals surface area contributed by atoms with E-state index in [0.29, 0.717) is 5.57 Å². The zero-order valence-electron chi connectivity index (χ0n) is 18.8. The van der Waals surface area contributed by atoms with E-state index in [-0.39, 0.29) is 5.91 Å². The number of hydrazone groups is 1. The lowest BCUT2D eigenvalue weighted by Gasteiger charge is -2.29. The van der Waals surface area contributed by atoms with E-state index in [2.05, 4.69) is 47.1 Å². The number of carbonyl (C=O) groups excluding carboxylic acids is 1. The van der Waals surface area contributed by atoms with Gasteiger partial charge >= 0.3 is 0 Å². The van der Waals surface area contributed by atoms with Gasteiger partial charge in [-0.25, -0.2) is 0 Å². The molecule has 32 heavy (non-hydrogen) atoms. The Balaban J connectivity index is 1.44. The molecule has 2 aromatic carbocycles. The number of para-hydroxylation sites is 2. The van der Waals surface area contributed by atoms with Crippen molar-refractivity contribution < 1.29 is 14.6 Å². The average Bonchev–Trinajstić information content (AvgIpc) is 3.32. The minimum Gasteiger partial charge on any atom is -0.326 e. The molecule has 0 radical (unpaired) electrons. The van der Waals surface area contributed by atoms with Gasteiger partial charge in [0.25, 0.3) is 5.91 Å². The van der Waals surface area contributed by atoms with Crippen LogP contribution in [-0.2, 0) is 11.5 Å². The Labute approximate surface area is 189 Å². The van der Waals surface area contributed by atoms with E-state index < -0.39 is 0 Å². The molecule has 6 heteroatoms. The van der Waals surface area contributed by atoms with Crippen molar-refractivity contribution in [2.75, 3.05) is 37.7 Å². The van der Waals surface area contributed by atoms with Gasteiger partial charge in [0.1, 0.15) is 26.2 Å². The van der Waals surface area contributed by atoms with Crippen LogP contribution in [0.4, 0.5) is 5.69 Å². The standard InChI is InChI=1S/C26H29N5O/c1-3-28-13-15-29(16-14-28)19-30-18-21(23-11-7-8-12-25(23)30)17-24-20(2)27-31(26(24)32)22-9-5-4-6-10-22/h4-12,17-18H,3,13-16,19H2,1-2H3/p+2/b24-17+. The molecule has 1 amide bonds. The molecule has 3 heterocycles. The lowest BCUT2D eigenvalue weighted by molar-refractivity contribution is -1.02. The molecule has 0 saturated carbocycles. The summed E-state index contributed by atoms with van der Waals surface area (Å²) in [4.78, 5) is 16.5. The summed E-state index contributed by atoms with van der Waals surface area (Å²) >= 11 is 0. The van der Waals surface area contributed by atoms with E-state index in [4.69, 9.17) is 0 Å². The number of nitrogens with one attached hydrogen (secondary N) is 2. The Morgan fingerprint density at radius 3 is 2.41 bits per heavy atom. The van der Waals surface area contributed by atoms with Gasteiger partial charge in [-0.2, -0.15) is 10.1 Å². The summed E-state index contributed by atoms with van der Waals surface area (Å²) in [5.74, 6) is -0.0742. The molecule has 6 nitrogen and oxygen atoms in total. The second-order valence-electron chi connectivity index (χ2n) is 8.78. The van der Waals surface area contributed by atoms with Crippen LogP contribution in [0, 0.1) is 0 Å². The maximum absolute atomic E-state index is 13.2. The van der Waals surface area contributed by atoms with Crippen LogP contribution >= 0.6 is 0 Å². The Bertz CT molecular complexity index is 1190. The first-order valence-corrected chi connectivity index (χ1v) is 11.6. The highest BCUT2D eigenvalue weighted by Crippen LogP contribution is 2.28. The van der Waals surface area contributed by atoms with Crippen LogP contribution in [0.5, 0.6) is 0 Å². The predicted molar refractivity (Wildman–Crippen MR) is 129 cm³/mol. The zero-order chi connectivity index (χ0) is 22.1. The topological polar surface area (TPSA) is 46.5 Å². The second-order valence-corrected chi connectivity index (χ2v) is 8.78. The maximum Gasteiger partial charge on any atom is 0.280 e. The Morgan fingerprint density at radius 2 is 1.66 bits per heavy atom. The third-order valence-electron chi connectivity index (χ3n) is 6.74. The molecular weight excluding hydrogens is 398 g/mol. The third kappa shape index (κ3) is 3.87. The molecule has 2 aliphatic heterocycles. The lowest BCUT2D eigenvalue weighted by Crippen LogP contribution is -3.27. The van der Waals surface area contributed by atoms with Gasteiger partial charge in [-0.15, -0.1) is 0 Å². The summed E-state index contributed by atoms with van der Waals surface area (Å²) in [6, 6.07) is 18.1. The molecule has 5 rings (SSSR count). The number of likely N-dealkylation sites (N-methyl/N-ethyl adjacent to an activating group) is 1. The molecule has 0 unspecified atom stereocenters. The molecule has 1 fully saturated rings. The molecule has 0 atom stereocenters. The summed E-state index contributed by atoms with van der Waals surface area (Å²) in [5, 5.41) is 7.21. The zero-order valence-corrected chi connectivity index (χ0v) is 18.8. The van der Waals surface area contributed by atoms with Crippen molar-refractivity contribution in [1.29, 1.82) is 0 Å². The number of amides is 1. The number of quaternary nitrogens is 2. The fourth-order valence-corrected chi connectivity index (χ4v) is 4.81. The minimum atomic E-state index is -0.0742. The van der Waals surface area contributed by atoms with Crippen LogP contribution in [0.1, 0.15) is 19.4 Å².